The van der Waals surface area contributed by atoms with Gasteiger partial charge in [-0.1, -0.05) is 35.9 Å². The van der Waals surface area contributed by atoms with Crippen molar-refractivity contribution < 1.29 is 19.5 Å². The summed E-state index contributed by atoms with van der Waals surface area (Å²) in [5, 5.41) is 16.0. The van der Waals surface area contributed by atoms with Crippen LogP contribution >= 0.6 is 11.6 Å². The van der Waals surface area contributed by atoms with Crippen molar-refractivity contribution in [3.8, 4) is 5.75 Å². The van der Waals surface area contributed by atoms with Crippen LogP contribution in [0.25, 0.3) is 5.57 Å². The molecule has 1 aliphatic rings. The van der Waals surface area contributed by atoms with Crippen molar-refractivity contribution in [1.29, 1.82) is 0 Å². The summed E-state index contributed by atoms with van der Waals surface area (Å²) in [6.45, 7) is 1.96. The number of carbonyl (C=O) groups is 3. The number of anilines is 2. The topological polar surface area (TPSA) is 115 Å². The largest absolute Gasteiger partial charge is 0.506 e. The number of hydrogen-bond donors (Lipinski definition) is 3. The number of carbonyl (C=O) groups excluding carboxylic acids is 3. The summed E-state index contributed by atoms with van der Waals surface area (Å²) >= 11 is 5.83. The van der Waals surface area contributed by atoms with Crippen LogP contribution in [0.4, 0.5) is 11.5 Å². The number of nitrogens with one attached hydrogen (secondary N) is 2. The second-order valence-electron chi connectivity index (χ2n) is 8.72. The molecule has 2 heterocycles. The molecule has 37 heavy (non-hydrogen) atoms. The van der Waals surface area contributed by atoms with E-state index in [0.717, 1.165) is 6.54 Å². The minimum absolute atomic E-state index is 0.0340. The highest BCUT2D eigenvalue weighted by molar-refractivity contribution is 6.30. The number of amides is 3. The number of nitrogens with zero attached hydrogens (tertiary/aromatic N) is 3. The molecule has 3 N–H and O–H groups in total. The zero-order chi connectivity index (χ0) is 26.5. The normalized spacial score (nSPS) is 13.0. The molecule has 190 valence electrons. The molecule has 0 fully saturated rings. The average Bonchev–Trinajstić information content (AvgIpc) is 3.25. The molecule has 2 aromatic carbocycles. The van der Waals surface area contributed by atoms with E-state index < -0.39 is 11.8 Å². The van der Waals surface area contributed by atoms with E-state index in [4.69, 9.17) is 11.6 Å². The number of para-hydroxylation sites is 1. The Bertz CT molecular complexity index is 1350. The molecule has 1 aromatic heterocycles. The molecule has 0 saturated carbocycles. The predicted octanol–water partition coefficient (Wildman–Crippen LogP) is 3.73. The van der Waals surface area contributed by atoms with E-state index >= 15 is 0 Å². The van der Waals surface area contributed by atoms with Crippen LogP contribution in [-0.2, 0) is 4.79 Å². The van der Waals surface area contributed by atoms with Gasteiger partial charge >= 0.3 is 0 Å². The number of benzene rings is 2. The average molecular weight is 520 g/mol. The number of hydrogen-bond acceptors (Lipinski definition) is 6. The Hall–Kier alpha value is -4.21. The zero-order valence-corrected chi connectivity index (χ0v) is 21.1. The molecular formula is C27H26ClN5O4. The Morgan fingerprint density at radius 1 is 1.05 bits per heavy atom. The summed E-state index contributed by atoms with van der Waals surface area (Å²) in [7, 11) is 3.92. The lowest BCUT2D eigenvalue weighted by Gasteiger charge is -2.19. The molecule has 10 heteroatoms. The third-order valence-electron chi connectivity index (χ3n) is 5.80. The lowest BCUT2D eigenvalue weighted by atomic mass is 10.0. The molecule has 0 radical (unpaired) electrons. The van der Waals surface area contributed by atoms with Crippen LogP contribution in [0.3, 0.4) is 0 Å². The Kier molecular flexibility index (Phi) is 7.86. The van der Waals surface area contributed by atoms with Crippen molar-refractivity contribution in [3.63, 3.8) is 0 Å². The summed E-state index contributed by atoms with van der Waals surface area (Å²) in [6, 6.07) is 14.1. The number of aromatic hydroxyl groups is 1. The van der Waals surface area contributed by atoms with Gasteiger partial charge in [0.15, 0.2) is 0 Å². The van der Waals surface area contributed by atoms with E-state index in [2.05, 4.69) is 15.6 Å². The molecule has 0 spiro atoms. The third-order valence-corrected chi connectivity index (χ3v) is 6.03. The van der Waals surface area contributed by atoms with Crippen LogP contribution in [0.1, 0.15) is 26.3 Å². The number of rotatable bonds is 8. The first-order chi connectivity index (χ1) is 17.7. The van der Waals surface area contributed by atoms with Gasteiger partial charge in [-0.05, 0) is 56.1 Å². The van der Waals surface area contributed by atoms with Crippen LogP contribution in [0.2, 0.25) is 5.02 Å². The minimum Gasteiger partial charge on any atom is -0.506 e. The highest BCUT2D eigenvalue weighted by atomic mass is 35.5. The molecule has 3 amide bonds. The molecule has 0 aliphatic carbocycles. The summed E-state index contributed by atoms with van der Waals surface area (Å²) in [5.74, 6) is -1.13. The van der Waals surface area contributed by atoms with Crippen molar-refractivity contribution in [2.24, 2.45) is 0 Å². The molecule has 4 rings (SSSR count). The van der Waals surface area contributed by atoms with Gasteiger partial charge in [-0.15, -0.1) is 0 Å². The van der Waals surface area contributed by atoms with Crippen LogP contribution < -0.4 is 10.6 Å². The van der Waals surface area contributed by atoms with Gasteiger partial charge in [-0.3, -0.25) is 14.4 Å². The molecule has 0 unspecified atom stereocenters. The van der Waals surface area contributed by atoms with Gasteiger partial charge in [0.1, 0.15) is 11.6 Å². The number of phenolic OH excluding ortho intramolecular Hbond substituents is 1. The SMILES string of the molecule is CN(C)CCN1CC=C(c2ccc(C(=O)Nc3c(O)cccc3C(=O)Nc3ccc(Cl)cn3)cc2)C1=O. The molecular weight excluding hydrogens is 494 g/mol. The number of likely N-dealkylation sites (N-methyl/N-ethyl adjacent to an activating group) is 1. The molecule has 0 atom stereocenters. The van der Waals surface area contributed by atoms with E-state index in [1.54, 1.807) is 35.2 Å². The van der Waals surface area contributed by atoms with Crippen LogP contribution in [0.5, 0.6) is 5.75 Å². The van der Waals surface area contributed by atoms with Crippen LogP contribution in [-0.4, -0.2) is 71.3 Å². The standard InChI is InChI=1S/C27H26ClN5O4/c1-32(2)14-15-33-13-12-20(27(33)37)17-6-8-18(9-7-17)25(35)31-24-21(4-3-5-22(24)34)26(36)30-23-11-10-19(28)16-29-23/h3-12,16,34H,13-15H2,1-2H3,(H,31,35)(H,29,30,36). The molecule has 0 saturated heterocycles. The number of halogens is 1. The maximum absolute atomic E-state index is 13.0. The quantitative estimate of drug-likeness (QED) is 0.391. The van der Waals surface area contributed by atoms with E-state index in [1.165, 1.54) is 30.5 Å². The molecule has 3 aromatic rings. The van der Waals surface area contributed by atoms with Gasteiger partial charge in [-0.25, -0.2) is 4.98 Å². The third kappa shape index (κ3) is 6.14. The van der Waals surface area contributed by atoms with Crippen molar-refractivity contribution in [2.45, 2.75) is 0 Å². The Balaban J connectivity index is 1.46. The summed E-state index contributed by atoms with van der Waals surface area (Å²) in [5.41, 5.74) is 1.64. The minimum atomic E-state index is -0.568. The monoisotopic (exact) mass is 519 g/mol. The lowest BCUT2D eigenvalue weighted by Crippen LogP contribution is -2.33. The molecule has 1 aliphatic heterocycles. The Morgan fingerprint density at radius 2 is 1.81 bits per heavy atom. The number of aromatic nitrogens is 1. The lowest BCUT2D eigenvalue weighted by molar-refractivity contribution is -0.123. The van der Waals surface area contributed by atoms with E-state index in [9.17, 15) is 19.5 Å². The Morgan fingerprint density at radius 3 is 2.49 bits per heavy atom. The first-order valence-electron chi connectivity index (χ1n) is 11.5. The first-order valence-corrected chi connectivity index (χ1v) is 11.9. The van der Waals surface area contributed by atoms with Gasteiger partial charge in [0.25, 0.3) is 17.7 Å². The highest BCUT2D eigenvalue weighted by Crippen LogP contribution is 2.29. The highest BCUT2D eigenvalue weighted by Gasteiger charge is 2.25. The van der Waals surface area contributed by atoms with Crippen molar-refractivity contribution >= 4 is 46.4 Å². The van der Waals surface area contributed by atoms with E-state index in [0.29, 0.717) is 34.8 Å². The van der Waals surface area contributed by atoms with Crippen molar-refractivity contribution in [1.82, 2.24) is 14.8 Å². The van der Waals surface area contributed by atoms with Gasteiger partial charge in [0.05, 0.1) is 16.3 Å². The maximum Gasteiger partial charge on any atom is 0.259 e. The van der Waals surface area contributed by atoms with Crippen LogP contribution in [0, 0.1) is 0 Å². The summed E-state index contributed by atoms with van der Waals surface area (Å²) in [6.07, 6.45) is 3.28. The van der Waals surface area contributed by atoms with Crippen molar-refractivity contribution in [2.75, 3.05) is 44.4 Å². The Labute approximate surface area is 219 Å². The van der Waals surface area contributed by atoms with Gasteiger partial charge in [0.2, 0.25) is 0 Å². The zero-order valence-electron chi connectivity index (χ0n) is 20.4. The van der Waals surface area contributed by atoms with Crippen LogP contribution in [0.15, 0.2) is 66.9 Å². The van der Waals surface area contributed by atoms with Gasteiger partial charge in [-0.2, -0.15) is 0 Å². The second kappa shape index (κ2) is 11.2. The van der Waals surface area contributed by atoms with Crippen molar-refractivity contribution in [3.05, 3.63) is 88.6 Å². The fraction of sp³-hybridized carbons (Fsp3) is 0.185. The van der Waals surface area contributed by atoms with E-state index in [1.807, 2.05) is 25.1 Å². The number of pyridine rings is 1. The van der Waals surface area contributed by atoms with Gasteiger partial charge in [0, 0.05) is 37.0 Å². The fourth-order valence-corrected chi connectivity index (χ4v) is 3.89. The van der Waals surface area contributed by atoms with Gasteiger partial charge < -0.3 is 25.5 Å². The summed E-state index contributed by atoms with van der Waals surface area (Å²) in [4.78, 5) is 46.4. The predicted molar refractivity (Wildman–Crippen MR) is 143 cm³/mol. The number of phenols is 1. The smallest absolute Gasteiger partial charge is 0.259 e. The molecule has 9 nitrogen and oxygen atoms in total. The summed E-state index contributed by atoms with van der Waals surface area (Å²) < 4.78 is 0. The second-order valence-corrected chi connectivity index (χ2v) is 9.16. The fourth-order valence-electron chi connectivity index (χ4n) is 3.78. The molecule has 0 bridgehead atoms. The first kappa shape index (κ1) is 25.9. The maximum atomic E-state index is 13.0. The van der Waals surface area contributed by atoms with E-state index in [-0.39, 0.29) is 28.7 Å².